The Kier molecular flexibility index (Phi) is 3.66. The molecule has 0 saturated heterocycles. The monoisotopic (exact) mass is 230 g/mol. The van der Waals surface area contributed by atoms with E-state index in [0.29, 0.717) is 0 Å². The highest BCUT2D eigenvalue weighted by atomic mass is 16.1. The number of aldehydes is 1. The summed E-state index contributed by atoms with van der Waals surface area (Å²) in [6, 6.07) is 8.45. The number of rotatable bonds is 5. The molecule has 92 valence electrons. The van der Waals surface area contributed by atoms with Crippen molar-refractivity contribution in [2.75, 3.05) is 0 Å². The summed E-state index contributed by atoms with van der Waals surface area (Å²) in [4.78, 5) is 11.5. The van der Waals surface area contributed by atoms with Crippen LogP contribution in [0.1, 0.15) is 56.1 Å². The lowest BCUT2D eigenvalue weighted by Crippen LogP contribution is -2.36. The quantitative estimate of drug-likeness (QED) is 0.691. The van der Waals surface area contributed by atoms with Gasteiger partial charge in [-0.2, -0.15) is 0 Å². The number of benzene rings is 1. The molecule has 1 aromatic rings. The predicted octanol–water partition coefficient (Wildman–Crippen LogP) is 4.25. The first kappa shape index (κ1) is 12.3. The van der Waals surface area contributed by atoms with Crippen LogP contribution >= 0.6 is 0 Å². The van der Waals surface area contributed by atoms with Gasteiger partial charge in [-0.25, -0.2) is 0 Å². The van der Waals surface area contributed by atoms with Crippen molar-refractivity contribution in [1.82, 2.24) is 0 Å². The van der Waals surface area contributed by atoms with E-state index >= 15 is 0 Å². The molecule has 0 spiro atoms. The summed E-state index contributed by atoms with van der Waals surface area (Å²) < 4.78 is 0. The van der Waals surface area contributed by atoms with Gasteiger partial charge in [0, 0.05) is 5.92 Å². The summed E-state index contributed by atoms with van der Waals surface area (Å²) in [5.74, 6) is 0.107. The van der Waals surface area contributed by atoms with Crippen LogP contribution in [0.5, 0.6) is 0 Å². The van der Waals surface area contributed by atoms with Crippen LogP contribution in [-0.2, 0) is 4.79 Å². The lowest BCUT2D eigenvalue weighted by Gasteiger charge is -2.46. The fourth-order valence-corrected chi connectivity index (χ4v) is 3.29. The van der Waals surface area contributed by atoms with E-state index in [9.17, 15) is 4.79 Å². The number of hydrogen-bond donors (Lipinski definition) is 0. The van der Waals surface area contributed by atoms with Crippen molar-refractivity contribution in [3.63, 3.8) is 0 Å². The fourth-order valence-electron chi connectivity index (χ4n) is 3.29. The maximum atomic E-state index is 11.5. The highest BCUT2D eigenvalue weighted by Crippen LogP contribution is 2.53. The van der Waals surface area contributed by atoms with Crippen LogP contribution in [0, 0.1) is 12.3 Å². The molecule has 1 aliphatic carbocycles. The van der Waals surface area contributed by atoms with Crippen LogP contribution < -0.4 is 0 Å². The molecule has 1 aliphatic rings. The van der Waals surface area contributed by atoms with Crippen LogP contribution in [0.4, 0.5) is 0 Å². The Balaban J connectivity index is 2.29. The van der Waals surface area contributed by atoms with Crippen molar-refractivity contribution in [2.24, 2.45) is 5.41 Å². The van der Waals surface area contributed by atoms with Gasteiger partial charge in [0.25, 0.3) is 0 Å². The maximum absolute atomic E-state index is 11.5. The van der Waals surface area contributed by atoms with E-state index in [1.807, 2.05) is 0 Å². The molecule has 1 aromatic carbocycles. The molecule has 1 nitrogen and oxygen atoms in total. The Morgan fingerprint density at radius 2 is 2.18 bits per heavy atom. The molecule has 1 unspecified atom stereocenters. The Morgan fingerprint density at radius 1 is 1.41 bits per heavy atom. The van der Waals surface area contributed by atoms with Gasteiger partial charge in [-0.05, 0) is 37.2 Å². The Bertz CT molecular complexity index is 390. The standard InChI is InChI=1S/C16H22O/c1-3-8-16(9-5-10-16)15(12-17)14-7-4-6-13(2)11-14/h4,6-7,11-12,15H,3,5,8-10H2,1-2H3. The van der Waals surface area contributed by atoms with Gasteiger partial charge in [0.05, 0.1) is 0 Å². The summed E-state index contributed by atoms with van der Waals surface area (Å²) in [6.45, 7) is 4.32. The molecule has 17 heavy (non-hydrogen) atoms. The molecule has 2 rings (SSSR count). The third kappa shape index (κ3) is 2.29. The average Bonchev–Trinajstić information content (AvgIpc) is 2.27. The van der Waals surface area contributed by atoms with Crippen LogP contribution in [0.15, 0.2) is 24.3 Å². The molecular formula is C16H22O. The van der Waals surface area contributed by atoms with Crippen molar-refractivity contribution in [1.29, 1.82) is 0 Å². The lowest BCUT2D eigenvalue weighted by atomic mass is 9.57. The molecular weight excluding hydrogens is 208 g/mol. The molecule has 0 radical (unpaired) electrons. The van der Waals surface area contributed by atoms with Gasteiger partial charge >= 0.3 is 0 Å². The molecule has 0 bridgehead atoms. The van der Waals surface area contributed by atoms with Crippen molar-refractivity contribution in [3.8, 4) is 0 Å². The van der Waals surface area contributed by atoms with Crippen molar-refractivity contribution < 1.29 is 4.79 Å². The first-order valence-corrected chi connectivity index (χ1v) is 6.74. The lowest BCUT2D eigenvalue weighted by molar-refractivity contribution is -0.113. The summed E-state index contributed by atoms with van der Waals surface area (Å²) >= 11 is 0. The largest absolute Gasteiger partial charge is 0.303 e. The normalized spacial score (nSPS) is 19.4. The highest BCUT2D eigenvalue weighted by Gasteiger charge is 2.43. The molecule has 0 amide bonds. The average molecular weight is 230 g/mol. The smallest absolute Gasteiger partial charge is 0.128 e. The second-order valence-electron chi connectivity index (χ2n) is 5.49. The maximum Gasteiger partial charge on any atom is 0.128 e. The second-order valence-corrected chi connectivity index (χ2v) is 5.49. The zero-order chi connectivity index (χ0) is 12.3. The third-order valence-corrected chi connectivity index (χ3v) is 4.29. The van der Waals surface area contributed by atoms with E-state index in [1.54, 1.807) is 0 Å². The van der Waals surface area contributed by atoms with Crippen molar-refractivity contribution in [2.45, 2.75) is 51.9 Å². The van der Waals surface area contributed by atoms with Crippen LogP contribution in [0.3, 0.4) is 0 Å². The minimum Gasteiger partial charge on any atom is -0.303 e. The predicted molar refractivity (Wildman–Crippen MR) is 71.2 cm³/mol. The van der Waals surface area contributed by atoms with E-state index in [2.05, 4.69) is 38.1 Å². The highest BCUT2D eigenvalue weighted by molar-refractivity contribution is 5.64. The van der Waals surface area contributed by atoms with Gasteiger partial charge in [-0.1, -0.05) is 49.6 Å². The number of hydrogen-bond acceptors (Lipinski definition) is 1. The first-order valence-electron chi connectivity index (χ1n) is 6.74. The Hall–Kier alpha value is -1.11. The SMILES string of the molecule is CCCC1(C(C=O)c2cccc(C)c2)CCC1. The van der Waals surface area contributed by atoms with Crippen LogP contribution in [0.25, 0.3) is 0 Å². The molecule has 0 N–H and O–H groups in total. The van der Waals surface area contributed by atoms with E-state index in [0.717, 1.165) is 0 Å². The zero-order valence-electron chi connectivity index (χ0n) is 10.9. The minimum absolute atomic E-state index is 0.107. The minimum atomic E-state index is 0.107. The fraction of sp³-hybridized carbons (Fsp3) is 0.562. The van der Waals surface area contributed by atoms with Gasteiger partial charge in [-0.15, -0.1) is 0 Å². The zero-order valence-corrected chi connectivity index (χ0v) is 10.9. The number of carbonyl (C=O) groups is 1. The van der Waals surface area contributed by atoms with Crippen molar-refractivity contribution >= 4 is 6.29 Å². The van der Waals surface area contributed by atoms with E-state index in [-0.39, 0.29) is 11.3 Å². The Morgan fingerprint density at radius 3 is 2.65 bits per heavy atom. The Labute approximate surface area is 104 Å². The van der Waals surface area contributed by atoms with E-state index in [1.165, 1.54) is 49.5 Å². The topological polar surface area (TPSA) is 17.1 Å². The third-order valence-electron chi connectivity index (χ3n) is 4.29. The number of aryl methyl sites for hydroxylation is 1. The first-order chi connectivity index (χ1) is 8.22. The molecule has 0 heterocycles. The van der Waals surface area contributed by atoms with Gasteiger partial charge in [0.15, 0.2) is 0 Å². The van der Waals surface area contributed by atoms with Gasteiger partial charge < -0.3 is 4.79 Å². The van der Waals surface area contributed by atoms with Crippen molar-refractivity contribution in [3.05, 3.63) is 35.4 Å². The number of carbonyl (C=O) groups excluding carboxylic acids is 1. The molecule has 1 atom stereocenters. The van der Waals surface area contributed by atoms with Gasteiger partial charge in [0.2, 0.25) is 0 Å². The van der Waals surface area contributed by atoms with E-state index < -0.39 is 0 Å². The van der Waals surface area contributed by atoms with Gasteiger partial charge in [0.1, 0.15) is 6.29 Å². The molecule has 0 aliphatic heterocycles. The summed E-state index contributed by atoms with van der Waals surface area (Å²) in [6.07, 6.45) is 7.27. The van der Waals surface area contributed by atoms with Crippen LogP contribution in [-0.4, -0.2) is 6.29 Å². The summed E-state index contributed by atoms with van der Waals surface area (Å²) in [5, 5.41) is 0. The van der Waals surface area contributed by atoms with Gasteiger partial charge in [-0.3, -0.25) is 0 Å². The molecule has 0 aromatic heterocycles. The molecule has 1 heteroatoms. The molecule has 1 fully saturated rings. The summed E-state index contributed by atoms with van der Waals surface area (Å²) in [7, 11) is 0. The van der Waals surface area contributed by atoms with Crippen LogP contribution in [0.2, 0.25) is 0 Å². The summed E-state index contributed by atoms with van der Waals surface area (Å²) in [5.41, 5.74) is 2.73. The second kappa shape index (κ2) is 5.03. The van der Waals surface area contributed by atoms with E-state index in [4.69, 9.17) is 0 Å². The molecule has 1 saturated carbocycles.